The predicted octanol–water partition coefficient (Wildman–Crippen LogP) is 3.99. The van der Waals surface area contributed by atoms with Crippen molar-refractivity contribution in [3.63, 3.8) is 0 Å². The molecule has 5 heteroatoms. The van der Waals surface area contributed by atoms with E-state index in [1.54, 1.807) is 0 Å². The van der Waals surface area contributed by atoms with Crippen LogP contribution >= 0.6 is 11.6 Å². The zero-order chi connectivity index (χ0) is 15.5. The minimum Gasteiger partial charge on any atom is -0.332 e. The molecule has 1 fully saturated rings. The minimum absolute atomic E-state index is 0.243. The molecule has 0 saturated carbocycles. The van der Waals surface area contributed by atoms with Crippen molar-refractivity contribution in [1.82, 2.24) is 15.2 Å². The number of halogens is 1. The monoisotopic (exact) mass is 316 g/mol. The summed E-state index contributed by atoms with van der Waals surface area (Å²) in [5, 5.41) is 9.56. The smallest absolute Gasteiger partial charge is 0.246 e. The summed E-state index contributed by atoms with van der Waals surface area (Å²) < 4.78 is 0. The fourth-order valence-corrected chi connectivity index (χ4v) is 3.39. The van der Waals surface area contributed by atoms with Crippen LogP contribution in [-0.4, -0.2) is 21.7 Å². The van der Waals surface area contributed by atoms with Gasteiger partial charge in [-0.05, 0) is 37.3 Å². The molecule has 1 aromatic heterocycles. The Bertz CT molecular complexity index is 659. The molecule has 0 bridgehead atoms. The highest BCUT2D eigenvalue weighted by Gasteiger charge is 2.30. The lowest BCUT2D eigenvalue weighted by molar-refractivity contribution is 0.682. The van der Waals surface area contributed by atoms with Gasteiger partial charge in [0.25, 0.3) is 0 Å². The van der Waals surface area contributed by atoms with Crippen LogP contribution in [0.15, 0.2) is 24.3 Å². The SMILES string of the molecule is CCc1nnc(N2CCCC2c2ccccc2Cl)nc1CC. The number of nitrogens with zero attached hydrogens (tertiary/aromatic N) is 4. The molecule has 1 saturated heterocycles. The standard InChI is InChI=1S/C17H21ClN4/c1-3-14-15(4-2)20-21-17(19-14)22-11-7-10-16(22)12-8-5-6-9-13(12)18/h5-6,8-9,16H,3-4,7,10-11H2,1-2H3. The van der Waals surface area contributed by atoms with Crippen molar-refractivity contribution in [3.8, 4) is 0 Å². The summed E-state index contributed by atoms with van der Waals surface area (Å²) in [7, 11) is 0. The predicted molar refractivity (Wildman–Crippen MR) is 89.4 cm³/mol. The molecule has 1 aromatic carbocycles. The second kappa shape index (κ2) is 6.61. The van der Waals surface area contributed by atoms with Crippen molar-refractivity contribution < 1.29 is 0 Å². The van der Waals surface area contributed by atoms with Crippen LogP contribution in [0.3, 0.4) is 0 Å². The van der Waals surface area contributed by atoms with E-state index in [0.717, 1.165) is 60.2 Å². The minimum atomic E-state index is 0.243. The maximum absolute atomic E-state index is 6.38. The van der Waals surface area contributed by atoms with E-state index in [1.165, 1.54) is 0 Å². The van der Waals surface area contributed by atoms with Gasteiger partial charge in [0.15, 0.2) is 0 Å². The first-order chi connectivity index (χ1) is 10.7. The lowest BCUT2D eigenvalue weighted by atomic mass is 10.0. The van der Waals surface area contributed by atoms with Gasteiger partial charge in [-0.2, -0.15) is 5.10 Å². The normalized spacial score (nSPS) is 18.0. The largest absolute Gasteiger partial charge is 0.332 e. The summed E-state index contributed by atoms with van der Waals surface area (Å²) in [5.74, 6) is 0.733. The Morgan fingerprint density at radius 2 is 1.91 bits per heavy atom. The maximum atomic E-state index is 6.38. The third-order valence-corrected chi connectivity index (χ3v) is 4.62. The highest BCUT2D eigenvalue weighted by atomic mass is 35.5. The van der Waals surface area contributed by atoms with Crippen molar-refractivity contribution in [1.29, 1.82) is 0 Å². The van der Waals surface area contributed by atoms with E-state index in [9.17, 15) is 0 Å². The molecule has 1 atom stereocenters. The Hall–Kier alpha value is -1.68. The topological polar surface area (TPSA) is 41.9 Å². The zero-order valence-electron chi connectivity index (χ0n) is 13.1. The number of anilines is 1. The third kappa shape index (κ3) is 2.80. The van der Waals surface area contributed by atoms with Gasteiger partial charge in [0, 0.05) is 11.6 Å². The van der Waals surface area contributed by atoms with Crippen molar-refractivity contribution in [2.45, 2.75) is 45.6 Å². The van der Waals surface area contributed by atoms with Gasteiger partial charge in [-0.1, -0.05) is 43.6 Å². The summed E-state index contributed by atoms with van der Waals surface area (Å²) in [6, 6.07) is 8.29. The highest BCUT2D eigenvalue weighted by Crippen LogP contribution is 2.37. The average molecular weight is 317 g/mol. The van der Waals surface area contributed by atoms with Crippen LogP contribution in [0, 0.1) is 0 Å². The van der Waals surface area contributed by atoms with Crippen molar-refractivity contribution in [2.75, 3.05) is 11.4 Å². The molecule has 0 N–H and O–H groups in total. The molecule has 22 heavy (non-hydrogen) atoms. The van der Waals surface area contributed by atoms with E-state index in [1.807, 2.05) is 18.2 Å². The molecule has 0 spiro atoms. The van der Waals surface area contributed by atoms with E-state index in [-0.39, 0.29) is 6.04 Å². The fourth-order valence-electron chi connectivity index (χ4n) is 3.12. The number of aromatic nitrogens is 3. The third-order valence-electron chi connectivity index (χ3n) is 4.27. The Kier molecular flexibility index (Phi) is 4.57. The van der Waals surface area contributed by atoms with Gasteiger partial charge in [0.05, 0.1) is 17.4 Å². The van der Waals surface area contributed by atoms with Gasteiger partial charge >= 0.3 is 0 Å². The van der Waals surface area contributed by atoms with E-state index in [0.29, 0.717) is 0 Å². The molecular weight excluding hydrogens is 296 g/mol. The summed E-state index contributed by atoms with van der Waals surface area (Å²) in [4.78, 5) is 7.00. The maximum Gasteiger partial charge on any atom is 0.246 e. The second-order valence-electron chi connectivity index (χ2n) is 5.59. The molecule has 1 unspecified atom stereocenters. The van der Waals surface area contributed by atoms with E-state index in [2.05, 4.69) is 35.0 Å². The van der Waals surface area contributed by atoms with E-state index in [4.69, 9.17) is 16.6 Å². The Balaban J connectivity index is 1.95. The first-order valence-electron chi connectivity index (χ1n) is 7.98. The molecule has 4 nitrogen and oxygen atoms in total. The van der Waals surface area contributed by atoms with Gasteiger partial charge in [-0.3, -0.25) is 0 Å². The number of hydrogen-bond donors (Lipinski definition) is 0. The van der Waals surface area contributed by atoms with Gasteiger partial charge in [0.2, 0.25) is 5.95 Å². The zero-order valence-corrected chi connectivity index (χ0v) is 13.8. The Morgan fingerprint density at radius 1 is 1.14 bits per heavy atom. The lowest BCUT2D eigenvalue weighted by Crippen LogP contribution is -2.26. The first kappa shape index (κ1) is 15.2. The fraction of sp³-hybridized carbons (Fsp3) is 0.471. The van der Waals surface area contributed by atoms with E-state index < -0.39 is 0 Å². The number of rotatable bonds is 4. The average Bonchev–Trinajstić information content (AvgIpc) is 3.04. The van der Waals surface area contributed by atoms with Crippen LogP contribution < -0.4 is 4.90 Å². The van der Waals surface area contributed by atoms with Gasteiger partial charge in [-0.15, -0.1) is 5.10 Å². The van der Waals surface area contributed by atoms with Crippen molar-refractivity contribution in [2.24, 2.45) is 0 Å². The Morgan fingerprint density at radius 3 is 2.64 bits per heavy atom. The van der Waals surface area contributed by atoms with Gasteiger partial charge in [0.1, 0.15) is 0 Å². The molecular formula is C17H21ClN4. The molecule has 2 aromatic rings. The molecule has 0 amide bonds. The molecule has 116 valence electrons. The van der Waals surface area contributed by atoms with Crippen LogP contribution in [0.5, 0.6) is 0 Å². The molecule has 1 aliphatic rings. The lowest BCUT2D eigenvalue weighted by Gasteiger charge is -2.25. The van der Waals surface area contributed by atoms with Crippen LogP contribution in [0.25, 0.3) is 0 Å². The summed E-state index contributed by atoms with van der Waals surface area (Å²) in [5.41, 5.74) is 3.21. The molecule has 3 rings (SSSR count). The molecule has 2 heterocycles. The summed E-state index contributed by atoms with van der Waals surface area (Å²) >= 11 is 6.38. The molecule has 0 aliphatic carbocycles. The Labute approximate surface area is 136 Å². The number of benzene rings is 1. The van der Waals surface area contributed by atoms with Gasteiger partial charge < -0.3 is 4.90 Å². The highest BCUT2D eigenvalue weighted by molar-refractivity contribution is 6.31. The van der Waals surface area contributed by atoms with Gasteiger partial charge in [-0.25, -0.2) is 4.98 Å². The van der Waals surface area contributed by atoms with Crippen LogP contribution in [0.4, 0.5) is 5.95 Å². The van der Waals surface area contributed by atoms with E-state index >= 15 is 0 Å². The summed E-state index contributed by atoms with van der Waals surface area (Å²) in [6.45, 7) is 5.15. The molecule has 0 radical (unpaired) electrons. The first-order valence-corrected chi connectivity index (χ1v) is 8.36. The van der Waals surface area contributed by atoms with Crippen LogP contribution in [-0.2, 0) is 12.8 Å². The number of aryl methyl sites for hydroxylation is 2. The number of hydrogen-bond acceptors (Lipinski definition) is 4. The van der Waals surface area contributed by atoms with Crippen LogP contribution in [0.1, 0.15) is 49.7 Å². The summed E-state index contributed by atoms with van der Waals surface area (Å²) in [6.07, 6.45) is 3.95. The van der Waals surface area contributed by atoms with Crippen LogP contribution in [0.2, 0.25) is 5.02 Å². The van der Waals surface area contributed by atoms with Crippen molar-refractivity contribution in [3.05, 3.63) is 46.2 Å². The molecule has 1 aliphatic heterocycles. The second-order valence-corrected chi connectivity index (χ2v) is 5.99. The quantitative estimate of drug-likeness (QED) is 0.855. The van der Waals surface area contributed by atoms with Crippen molar-refractivity contribution >= 4 is 17.5 Å².